The molecular formula is C23H39N3O2. The van der Waals surface area contributed by atoms with Crippen LogP contribution in [0, 0.1) is 11.3 Å². The van der Waals surface area contributed by atoms with Gasteiger partial charge in [-0.3, -0.25) is 9.59 Å². The van der Waals surface area contributed by atoms with Gasteiger partial charge >= 0.3 is 0 Å². The Bertz CT molecular complexity index is 675. The minimum atomic E-state index is -0.0620. The summed E-state index contributed by atoms with van der Waals surface area (Å²) >= 11 is 0. The zero-order chi connectivity index (χ0) is 21.6. The molecule has 0 unspecified atom stereocenters. The largest absolute Gasteiger partial charge is 0.377 e. The van der Waals surface area contributed by atoms with Gasteiger partial charge in [0.2, 0.25) is 11.8 Å². The number of hydrogen-bond acceptors (Lipinski definition) is 3. The summed E-state index contributed by atoms with van der Waals surface area (Å²) in [5.41, 5.74) is 2.80. The van der Waals surface area contributed by atoms with E-state index in [1.54, 1.807) is 0 Å². The maximum absolute atomic E-state index is 12.8. The van der Waals surface area contributed by atoms with Crippen molar-refractivity contribution in [3.05, 3.63) is 23.8 Å². The highest BCUT2D eigenvalue weighted by Crippen LogP contribution is 2.27. The molecule has 1 aromatic rings. The molecule has 0 saturated heterocycles. The average Bonchev–Trinajstić information content (AvgIpc) is 2.56. The molecule has 0 spiro atoms. The maximum atomic E-state index is 12.8. The molecule has 0 saturated carbocycles. The van der Waals surface area contributed by atoms with Gasteiger partial charge in [0.05, 0.1) is 0 Å². The molecular weight excluding hydrogens is 350 g/mol. The molecule has 0 aromatic heterocycles. The van der Waals surface area contributed by atoms with E-state index in [1.165, 1.54) is 0 Å². The number of amides is 2. The third kappa shape index (κ3) is 7.17. The van der Waals surface area contributed by atoms with E-state index in [-0.39, 0.29) is 29.2 Å². The van der Waals surface area contributed by atoms with Gasteiger partial charge in [-0.2, -0.15) is 0 Å². The van der Waals surface area contributed by atoms with Gasteiger partial charge in [0.25, 0.3) is 0 Å². The van der Waals surface area contributed by atoms with Gasteiger partial charge in [0.15, 0.2) is 0 Å². The second kappa shape index (κ2) is 9.94. The molecule has 2 amide bonds. The van der Waals surface area contributed by atoms with E-state index in [0.29, 0.717) is 13.0 Å². The fourth-order valence-electron chi connectivity index (χ4n) is 3.10. The quantitative estimate of drug-likeness (QED) is 0.687. The van der Waals surface area contributed by atoms with E-state index in [4.69, 9.17) is 0 Å². The summed E-state index contributed by atoms with van der Waals surface area (Å²) in [6.07, 6.45) is 1.36. The first-order valence-electron chi connectivity index (χ1n) is 10.3. The summed E-state index contributed by atoms with van der Waals surface area (Å²) in [5, 5.41) is 3.01. The van der Waals surface area contributed by atoms with Gasteiger partial charge < -0.3 is 15.1 Å². The monoisotopic (exact) mass is 389 g/mol. The van der Waals surface area contributed by atoms with Gasteiger partial charge in [-0.1, -0.05) is 41.5 Å². The van der Waals surface area contributed by atoms with Crippen LogP contribution in [-0.4, -0.2) is 36.9 Å². The highest BCUT2D eigenvalue weighted by atomic mass is 16.2. The third-order valence-corrected chi connectivity index (χ3v) is 4.78. The minimum Gasteiger partial charge on any atom is -0.377 e. The van der Waals surface area contributed by atoms with E-state index in [1.807, 2.05) is 55.9 Å². The second-order valence-corrected chi connectivity index (χ2v) is 9.40. The van der Waals surface area contributed by atoms with E-state index in [9.17, 15) is 9.59 Å². The number of nitrogens with zero attached hydrogens (tertiary/aromatic N) is 2. The summed E-state index contributed by atoms with van der Waals surface area (Å²) in [6.45, 7) is 14.7. The molecule has 5 heteroatoms. The number of nitrogens with one attached hydrogen (secondary N) is 1. The van der Waals surface area contributed by atoms with E-state index in [0.717, 1.165) is 23.4 Å². The number of hydrogen-bond donors (Lipinski definition) is 1. The molecule has 0 fully saturated rings. The van der Waals surface area contributed by atoms with Crippen molar-refractivity contribution in [3.63, 3.8) is 0 Å². The molecule has 0 aliphatic rings. The summed E-state index contributed by atoms with van der Waals surface area (Å²) in [6, 6.07) is 6.09. The molecule has 0 bridgehead atoms. The Labute approximate surface area is 171 Å². The van der Waals surface area contributed by atoms with Crippen LogP contribution < -0.4 is 10.2 Å². The Kier molecular flexibility index (Phi) is 8.52. The SMILES string of the molecule is CC[C@H](C)N(Cc1cc(NC(=O)CC(C)(C)C)ccc1N(C)C)C(=O)C(C)C. The van der Waals surface area contributed by atoms with Crippen molar-refractivity contribution in [2.75, 3.05) is 24.3 Å². The molecule has 158 valence electrons. The average molecular weight is 390 g/mol. The zero-order valence-electron chi connectivity index (χ0n) is 19.2. The fourth-order valence-corrected chi connectivity index (χ4v) is 3.10. The van der Waals surface area contributed by atoms with Gasteiger partial charge in [0, 0.05) is 50.4 Å². The first kappa shape index (κ1) is 24.0. The molecule has 0 heterocycles. The van der Waals surface area contributed by atoms with Crippen LogP contribution in [-0.2, 0) is 16.1 Å². The predicted molar refractivity (Wildman–Crippen MR) is 119 cm³/mol. The van der Waals surface area contributed by atoms with Crippen molar-refractivity contribution in [1.82, 2.24) is 4.90 Å². The van der Waals surface area contributed by atoms with Crippen molar-refractivity contribution in [2.24, 2.45) is 11.3 Å². The summed E-state index contributed by atoms with van der Waals surface area (Å²) in [5.74, 6) is 0.112. The van der Waals surface area contributed by atoms with Gasteiger partial charge in [0.1, 0.15) is 0 Å². The number of carbonyl (C=O) groups excluding carboxylic acids is 2. The lowest BCUT2D eigenvalue weighted by molar-refractivity contribution is -0.137. The first-order valence-corrected chi connectivity index (χ1v) is 10.3. The highest BCUT2D eigenvalue weighted by Gasteiger charge is 2.23. The molecule has 28 heavy (non-hydrogen) atoms. The van der Waals surface area contributed by atoms with E-state index in [2.05, 4.69) is 39.9 Å². The fraction of sp³-hybridized carbons (Fsp3) is 0.652. The van der Waals surface area contributed by atoms with Crippen molar-refractivity contribution < 1.29 is 9.59 Å². The topological polar surface area (TPSA) is 52.7 Å². The summed E-state index contributed by atoms with van der Waals surface area (Å²) in [4.78, 5) is 29.1. The highest BCUT2D eigenvalue weighted by molar-refractivity contribution is 5.91. The lowest BCUT2D eigenvalue weighted by atomic mass is 9.92. The van der Waals surface area contributed by atoms with Crippen LogP contribution in [0.2, 0.25) is 0 Å². The lowest BCUT2D eigenvalue weighted by Gasteiger charge is -2.32. The third-order valence-electron chi connectivity index (χ3n) is 4.78. The molecule has 1 rings (SSSR count). The standard InChI is InChI=1S/C23H39N3O2/c1-10-17(4)26(22(28)16(2)3)15-18-13-19(11-12-20(18)25(8)9)24-21(27)14-23(5,6)7/h11-13,16-17H,10,14-15H2,1-9H3,(H,24,27)/t17-/m0/s1. The Hall–Kier alpha value is -2.04. The predicted octanol–water partition coefficient (Wildman–Crippen LogP) is 4.91. The number of carbonyl (C=O) groups is 2. The van der Waals surface area contributed by atoms with Crippen molar-refractivity contribution in [1.29, 1.82) is 0 Å². The molecule has 0 radical (unpaired) electrons. The second-order valence-electron chi connectivity index (χ2n) is 9.40. The summed E-state index contributed by atoms with van der Waals surface area (Å²) in [7, 11) is 3.99. The van der Waals surface area contributed by atoms with Crippen LogP contribution in [0.1, 0.15) is 66.9 Å². The minimum absolute atomic E-state index is 0.00749. The first-order chi connectivity index (χ1) is 12.9. The molecule has 0 aliphatic carbocycles. The van der Waals surface area contributed by atoms with Gasteiger partial charge in [-0.15, -0.1) is 0 Å². The van der Waals surface area contributed by atoms with Crippen LogP contribution in [0.5, 0.6) is 0 Å². The van der Waals surface area contributed by atoms with E-state index >= 15 is 0 Å². The van der Waals surface area contributed by atoms with Crippen LogP contribution in [0.4, 0.5) is 11.4 Å². The van der Waals surface area contributed by atoms with Crippen LogP contribution in [0.3, 0.4) is 0 Å². The molecule has 1 aromatic carbocycles. The maximum Gasteiger partial charge on any atom is 0.225 e. The van der Waals surface area contributed by atoms with E-state index < -0.39 is 0 Å². The Balaban J connectivity index is 3.19. The van der Waals surface area contributed by atoms with Crippen molar-refractivity contribution in [3.8, 4) is 0 Å². The Morgan fingerprint density at radius 2 is 1.71 bits per heavy atom. The number of anilines is 2. The van der Waals surface area contributed by atoms with Gasteiger partial charge in [-0.05, 0) is 42.5 Å². The zero-order valence-corrected chi connectivity index (χ0v) is 19.2. The lowest BCUT2D eigenvalue weighted by Crippen LogP contribution is -2.40. The molecule has 1 atom stereocenters. The smallest absolute Gasteiger partial charge is 0.225 e. The van der Waals surface area contributed by atoms with Gasteiger partial charge in [-0.25, -0.2) is 0 Å². The normalized spacial score (nSPS) is 12.6. The molecule has 0 aliphatic heterocycles. The van der Waals surface area contributed by atoms with Crippen LogP contribution >= 0.6 is 0 Å². The van der Waals surface area contributed by atoms with Crippen LogP contribution in [0.25, 0.3) is 0 Å². The number of rotatable bonds is 8. The Morgan fingerprint density at radius 1 is 1.11 bits per heavy atom. The summed E-state index contributed by atoms with van der Waals surface area (Å²) < 4.78 is 0. The Morgan fingerprint density at radius 3 is 2.18 bits per heavy atom. The molecule has 5 nitrogen and oxygen atoms in total. The number of benzene rings is 1. The van der Waals surface area contributed by atoms with Crippen LogP contribution in [0.15, 0.2) is 18.2 Å². The van der Waals surface area contributed by atoms with Crippen molar-refractivity contribution in [2.45, 2.75) is 73.9 Å². The molecule has 1 N–H and O–H groups in total. The van der Waals surface area contributed by atoms with Crippen molar-refractivity contribution >= 4 is 23.2 Å².